The molecule has 0 fully saturated rings. The van der Waals surface area contributed by atoms with Crippen LogP contribution >= 0.6 is 11.6 Å². The lowest BCUT2D eigenvalue weighted by molar-refractivity contribution is 1.57. The first-order chi connectivity index (χ1) is 10.1. The van der Waals surface area contributed by atoms with E-state index in [2.05, 4.69) is 12.0 Å². The summed E-state index contributed by atoms with van der Waals surface area (Å²) in [6, 6.07) is 13.6. The number of fused-ring (bicyclic) bond motifs is 1. The third-order valence-corrected chi connectivity index (χ3v) is 3.96. The Hall–Kier alpha value is -2.43. The number of rotatable bonds is 1. The van der Waals surface area contributed by atoms with Crippen molar-refractivity contribution in [3.8, 4) is 12.3 Å². The second kappa shape index (κ2) is 5.16. The molecule has 0 spiro atoms. The quantitative estimate of drug-likeness (QED) is 0.588. The van der Waals surface area contributed by atoms with Gasteiger partial charge in [0.25, 0.3) is 0 Å². The van der Waals surface area contributed by atoms with Gasteiger partial charge in [0.2, 0.25) is 0 Å². The Morgan fingerprint density at radius 2 is 1.81 bits per heavy atom. The average molecular weight is 292 g/mol. The largest absolute Gasteiger partial charge is 0.399 e. The smallest absolute Gasteiger partial charge is 0.0406 e. The predicted molar refractivity (Wildman–Crippen MR) is 91.6 cm³/mol. The molecule has 0 unspecified atom stereocenters. The standard InChI is InChI=1S/C19H14ClN/c1-3-16-12(2)18(10-13-4-6-14(20)7-5-13)17-9-8-15(21)11-19(16)17/h1,4-11H,21H2,2H3. The lowest BCUT2D eigenvalue weighted by Crippen LogP contribution is -1.89. The summed E-state index contributed by atoms with van der Waals surface area (Å²) in [7, 11) is 0. The van der Waals surface area contributed by atoms with Crippen LogP contribution in [0.1, 0.15) is 23.6 Å². The molecule has 0 bridgehead atoms. The maximum Gasteiger partial charge on any atom is 0.0406 e. The van der Waals surface area contributed by atoms with Crippen LogP contribution in [0.25, 0.3) is 17.2 Å². The van der Waals surface area contributed by atoms with E-state index in [1.165, 1.54) is 0 Å². The summed E-state index contributed by atoms with van der Waals surface area (Å²) >= 11 is 5.93. The Kier molecular flexibility index (Phi) is 3.33. The van der Waals surface area contributed by atoms with E-state index in [9.17, 15) is 0 Å². The van der Waals surface area contributed by atoms with E-state index in [0.717, 1.165) is 44.1 Å². The van der Waals surface area contributed by atoms with Gasteiger partial charge in [-0.2, -0.15) is 0 Å². The molecule has 1 aliphatic carbocycles. The first kappa shape index (κ1) is 13.5. The molecular weight excluding hydrogens is 278 g/mol. The molecule has 102 valence electrons. The van der Waals surface area contributed by atoms with Crippen LogP contribution in [-0.4, -0.2) is 0 Å². The molecule has 2 heteroatoms. The van der Waals surface area contributed by atoms with Crippen molar-refractivity contribution in [1.29, 1.82) is 0 Å². The number of hydrogen-bond acceptors (Lipinski definition) is 1. The molecule has 2 N–H and O–H groups in total. The van der Waals surface area contributed by atoms with Gasteiger partial charge in [-0.15, -0.1) is 6.42 Å². The van der Waals surface area contributed by atoms with Crippen LogP contribution in [0.2, 0.25) is 5.02 Å². The number of allylic oxidation sites excluding steroid dienone is 3. The van der Waals surface area contributed by atoms with E-state index >= 15 is 0 Å². The Morgan fingerprint density at radius 1 is 1.10 bits per heavy atom. The van der Waals surface area contributed by atoms with Crippen LogP contribution in [0.5, 0.6) is 0 Å². The highest BCUT2D eigenvalue weighted by Crippen LogP contribution is 2.42. The van der Waals surface area contributed by atoms with Gasteiger partial charge >= 0.3 is 0 Å². The van der Waals surface area contributed by atoms with Crippen LogP contribution in [0.15, 0.2) is 48.0 Å². The number of nitrogens with two attached hydrogens (primary N) is 1. The maximum atomic E-state index is 5.93. The van der Waals surface area contributed by atoms with Crippen LogP contribution in [0.4, 0.5) is 5.69 Å². The van der Waals surface area contributed by atoms with Crippen LogP contribution in [0.3, 0.4) is 0 Å². The molecule has 0 heterocycles. The van der Waals surface area contributed by atoms with Crippen molar-refractivity contribution in [2.45, 2.75) is 6.92 Å². The topological polar surface area (TPSA) is 26.0 Å². The summed E-state index contributed by atoms with van der Waals surface area (Å²) in [5.74, 6) is 2.78. The molecule has 21 heavy (non-hydrogen) atoms. The van der Waals surface area contributed by atoms with Gasteiger partial charge in [0.05, 0.1) is 0 Å². The SMILES string of the molecule is C#CC1=C(C)C(=Cc2ccc(Cl)cc2)c2ccc(N)cc21. The van der Waals surface area contributed by atoms with Crippen molar-refractivity contribution < 1.29 is 0 Å². The van der Waals surface area contributed by atoms with E-state index < -0.39 is 0 Å². The molecule has 2 aromatic carbocycles. The molecule has 0 aliphatic heterocycles. The summed E-state index contributed by atoms with van der Waals surface area (Å²) in [4.78, 5) is 0. The van der Waals surface area contributed by atoms with Crippen LogP contribution < -0.4 is 5.73 Å². The van der Waals surface area contributed by atoms with Gasteiger partial charge < -0.3 is 5.73 Å². The molecule has 3 rings (SSSR count). The average Bonchev–Trinajstić information content (AvgIpc) is 2.73. The van der Waals surface area contributed by atoms with Gasteiger partial charge in [0.15, 0.2) is 0 Å². The third-order valence-electron chi connectivity index (χ3n) is 3.71. The number of halogens is 1. The summed E-state index contributed by atoms with van der Waals surface area (Å²) in [6.45, 7) is 2.05. The van der Waals surface area contributed by atoms with Crippen molar-refractivity contribution >= 4 is 34.5 Å². The van der Waals surface area contributed by atoms with Gasteiger partial charge in [0, 0.05) is 21.8 Å². The fourth-order valence-corrected chi connectivity index (χ4v) is 2.77. The summed E-state index contributed by atoms with van der Waals surface area (Å²) in [5.41, 5.74) is 13.0. The zero-order valence-corrected chi connectivity index (χ0v) is 12.4. The van der Waals surface area contributed by atoms with Crippen molar-refractivity contribution in [1.82, 2.24) is 0 Å². The molecule has 0 radical (unpaired) electrons. The number of anilines is 1. The normalized spacial score (nSPS) is 15.2. The zero-order chi connectivity index (χ0) is 15.0. The highest BCUT2D eigenvalue weighted by Gasteiger charge is 2.22. The van der Waals surface area contributed by atoms with Crippen molar-refractivity contribution in [3.05, 3.63) is 69.8 Å². The van der Waals surface area contributed by atoms with Gasteiger partial charge in [-0.25, -0.2) is 0 Å². The molecule has 0 saturated heterocycles. The summed E-state index contributed by atoms with van der Waals surface area (Å²) < 4.78 is 0. The summed E-state index contributed by atoms with van der Waals surface area (Å²) in [5, 5.41) is 0.730. The van der Waals surface area contributed by atoms with Gasteiger partial charge in [0.1, 0.15) is 0 Å². The summed E-state index contributed by atoms with van der Waals surface area (Å²) in [6.07, 6.45) is 7.80. The monoisotopic (exact) mass is 291 g/mol. The first-order valence-electron chi connectivity index (χ1n) is 6.65. The van der Waals surface area contributed by atoms with Gasteiger partial charge in [-0.3, -0.25) is 0 Å². The lowest BCUT2D eigenvalue weighted by Gasteiger charge is -2.05. The van der Waals surface area contributed by atoms with Gasteiger partial charge in [-0.05, 0) is 59.5 Å². The van der Waals surface area contributed by atoms with E-state index in [0.29, 0.717) is 0 Å². The minimum absolute atomic E-state index is 0.724. The molecule has 0 saturated carbocycles. The van der Waals surface area contributed by atoms with E-state index in [1.807, 2.05) is 49.4 Å². The third kappa shape index (κ3) is 2.35. The highest BCUT2D eigenvalue weighted by molar-refractivity contribution is 6.30. The molecule has 0 amide bonds. The molecule has 0 aromatic heterocycles. The number of nitrogen functional groups attached to an aromatic ring is 1. The van der Waals surface area contributed by atoms with Gasteiger partial charge in [-0.1, -0.05) is 35.7 Å². The predicted octanol–water partition coefficient (Wildman–Crippen LogP) is 4.88. The Morgan fingerprint density at radius 3 is 2.48 bits per heavy atom. The fourth-order valence-electron chi connectivity index (χ4n) is 2.64. The second-order valence-electron chi connectivity index (χ2n) is 5.06. The Bertz CT molecular complexity index is 818. The first-order valence-corrected chi connectivity index (χ1v) is 7.03. The zero-order valence-electron chi connectivity index (χ0n) is 11.7. The molecule has 0 atom stereocenters. The minimum atomic E-state index is 0.724. The van der Waals surface area contributed by atoms with E-state index in [4.69, 9.17) is 23.8 Å². The highest BCUT2D eigenvalue weighted by atomic mass is 35.5. The lowest BCUT2D eigenvalue weighted by atomic mass is 10.0. The van der Waals surface area contributed by atoms with E-state index in [1.54, 1.807) is 0 Å². The van der Waals surface area contributed by atoms with Crippen LogP contribution in [0, 0.1) is 12.3 Å². The maximum absolute atomic E-state index is 5.93. The number of hydrogen-bond donors (Lipinski definition) is 1. The molecule has 1 nitrogen and oxygen atoms in total. The second-order valence-corrected chi connectivity index (χ2v) is 5.50. The minimum Gasteiger partial charge on any atom is -0.399 e. The van der Waals surface area contributed by atoms with Crippen molar-refractivity contribution in [2.24, 2.45) is 0 Å². The van der Waals surface area contributed by atoms with Crippen molar-refractivity contribution in [2.75, 3.05) is 5.73 Å². The van der Waals surface area contributed by atoms with Crippen LogP contribution in [-0.2, 0) is 0 Å². The number of terminal acetylenes is 1. The number of benzene rings is 2. The molecule has 1 aliphatic rings. The van der Waals surface area contributed by atoms with Crippen molar-refractivity contribution in [3.63, 3.8) is 0 Å². The molecule has 2 aromatic rings. The Labute approximate surface area is 129 Å². The van der Waals surface area contributed by atoms with E-state index in [-0.39, 0.29) is 0 Å². The fraction of sp³-hybridized carbons (Fsp3) is 0.0526. The Balaban J connectivity index is 2.18. The molecular formula is C19H14ClN.